The number of aliphatic carboxylic acids is 1. The van der Waals surface area contributed by atoms with Crippen LogP contribution in [0.1, 0.15) is 12.8 Å². The van der Waals surface area contributed by atoms with E-state index in [-0.39, 0.29) is 12.3 Å². The number of amides is 2. The van der Waals surface area contributed by atoms with Crippen molar-refractivity contribution in [1.82, 2.24) is 5.32 Å². The number of urea groups is 1. The second kappa shape index (κ2) is 4.79. The van der Waals surface area contributed by atoms with Gasteiger partial charge >= 0.3 is 12.0 Å². The number of carbonyl (C=O) groups excluding carboxylic acids is 1. The Labute approximate surface area is 110 Å². The van der Waals surface area contributed by atoms with Crippen LogP contribution in [0.2, 0.25) is 0 Å². The highest BCUT2D eigenvalue weighted by Gasteiger charge is 2.50. The van der Waals surface area contributed by atoms with Gasteiger partial charge < -0.3 is 15.5 Å². The van der Waals surface area contributed by atoms with Gasteiger partial charge in [0.2, 0.25) is 0 Å². The smallest absolute Gasteiger partial charge is 0.321 e. The van der Waals surface area contributed by atoms with Gasteiger partial charge in [-0.3, -0.25) is 9.69 Å². The fourth-order valence-electron chi connectivity index (χ4n) is 1.80. The molecular formula is C13H16N2O4. The van der Waals surface area contributed by atoms with Gasteiger partial charge in [-0.15, -0.1) is 0 Å². The first-order valence-corrected chi connectivity index (χ1v) is 5.99. The summed E-state index contributed by atoms with van der Waals surface area (Å²) >= 11 is 0. The third kappa shape index (κ3) is 2.78. The molecule has 0 saturated heterocycles. The molecule has 0 spiro atoms. The standard InChI is InChI=1S/C13H16N2O4/c1-15(9-3-2-4-10(16)7-9)12(19)14-8-13(5-6-13)11(17)18/h2-4,7,16H,5-6,8H2,1H3,(H,14,19)(H,17,18). The quantitative estimate of drug-likeness (QED) is 0.766. The number of hydrogen-bond acceptors (Lipinski definition) is 3. The van der Waals surface area contributed by atoms with Gasteiger partial charge in [0.15, 0.2) is 0 Å². The molecule has 0 radical (unpaired) electrons. The zero-order valence-corrected chi connectivity index (χ0v) is 10.6. The summed E-state index contributed by atoms with van der Waals surface area (Å²) in [6.45, 7) is 0.129. The minimum absolute atomic E-state index is 0.0707. The minimum Gasteiger partial charge on any atom is -0.508 e. The average Bonchev–Trinajstić information content (AvgIpc) is 3.16. The highest BCUT2D eigenvalue weighted by molar-refractivity contribution is 5.92. The van der Waals surface area contributed by atoms with E-state index in [9.17, 15) is 14.7 Å². The fourth-order valence-corrected chi connectivity index (χ4v) is 1.80. The summed E-state index contributed by atoms with van der Waals surface area (Å²) in [5.74, 6) is -0.797. The highest BCUT2D eigenvalue weighted by Crippen LogP contribution is 2.45. The summed E-state index contributed by atoms with van der Waals surface area (Å²) in [7, 11) is 1.56. The van der Waals surface area contributed by atoms with Gasteiger partial charge in [-0.1, -0.05) is 6.07 Å². The van der Waals surface area contributed by atoms with Crippen LogP contribution in [0.5, 0.6) is 5.75 Å². The first-order valence-electron chi connectivity index (χ1n) is 5.99. The van der Waals surface area contributed by atoms with Gasteiger partial charge in [-0.05, 0) is 25.0 Å². The lowest BCUT2D eigenvalue weighted by atomic mass is 10.1. The maximum Gasteiger partial charge on any atom is 0.321 e. The molecule has 6 heteroatoms. The van der Waals surface area contributed by atoms with Crippen molar-refractivity contribution in [3.63, 3.8) is 0 Å². The predicted octanol–water partition coefficient (Wildman–Crippen LogP) is 1.40. The largest absolute Gasteiger partial charge is 0.508 e. The highest BCUT2D eigenvalue weighted by atomic mass is 16.4. The number of nitrogens with one attached hydrogen (secondary N) is 1. The summed E-state index contributed by atoms with van der Waals surface area (Å²) in [5.41, 5.74) is -0.243. The Bertz CT molecular complexity index is 511. The van der Waals surface area contributed by atoms with Crippen LogP contribution < -0.4 is 10.2 Å². The zero-order valence-electron chi connectivity index (χ0n) is 10.6. The second-order valence-corrected chi connectivity index (χ2v) is 4.82. The van der Waals surface area contributed by atoms with E-state index in [1.54, 1.807) is 19.2 Å². The fraction of sp³-hybridized carbons (Fsp3) is 0.385. The van der Waals surface area contributed by atoms with Crippen LogP contribution in [-0.4, -0.2) is 35.8 Å². The monoisotopic (exact) mass is 264 g/mol. The van der Waals surface area contributed by atoms with Crippen molar-refractivity contribution in [2.45, 2.75) is 12.8 Å². The number of phenols is 1. The number of carboxylic acids is 1. The number of hydrogen-bond donors (Lipinski definition) is 3. The van der Waals surface area contributed by atoms with Gasteiger partial charge in [0, 0.05) is 25.3 Å². The number of phenolic OH excluding ortho intramolecular Hbond substituents is 1. The predicted molar refractivity (Wildman–Crippen MR) is 69.2 cm³/mol. The molecule has 2 amide bonds. The molecule has 1 aromatic rings. The summed E-state index contributed by atoms with van der Waals surface area (Å²) in [6, 6.07) is 5.90. The summed E-state index contributed by atoms with van der Waals surface area (Å²) < 4.78 is 0. The number of carbonyl (C=O) groups is 2. The molecule has 0 aliphatic heterocycles. The third-order valence-corrected chi connectivity index (χ3v) is 3.41. The molecule has 19 heavy (non-hydrogen) atoms. The lowest BCUT2D eigenvalue weighted by Crippen LogP contribution is -2.41. The van der Waals surface area contributed by atoms with E-state index < -0.39 is 17.4 Å². The topological polar surface area (TPSA) is 89.9 Å². The Morgan fingerprint density at radius 1 is 1.42 bits per heavy atom. The van der Waals surface area contributed by atoms with Gasteiger partial charge in [0.1, 0.15) is 5.75 Å². The van der Waals surface area contributed by atoms with Crippen LogP contribution in [0.25, 0.3) is 0 Å². The lowest BCUT2D eigenvalue weighted by molar-refractivity contribution is -0.143. The van der Waals surface area contributed by atoms with E-state index in [4.69, 9.17) is 5.11 Å². The van der Waals surface area contributed by atoms with Gasteiger partial charge in [0.05, 0.1) is 5.41 Å². The molecular weight excluding hydrogens is 248 g/mol. The SMILES string of the molecule is CN(C(=O)NCC1(C(=O)O)CC1)c1cccc(O)c1. The summed E-state index contributed by atoms with van der Waals surface area (Å²) in [5, 5.41) is 21.0. The van der Waals surface area contributed by atoms with Gasteiger partial charge in [-0.2, -0.15) is 0 Å². The number of benzene rings is 1. The first-order chi connectivity index (χ1) is 8.94. The molecule has 2 rings (SSSR count). The van der Waals surface area contributed by atoms with Gasteiger partial charge in [0.25, 0.3) is 0 Å². The van der Waals surface area contributed by atoms with Crippen molar-refractivity contribution in [1.29, 1.82) is 0 Å². The number of nitrogens with zero attached hydrogens (tertiary/aromatic N) is 1. The lowest BCUT2D eigenvalue weighted by Gasteiger charge is -2.19. The van der Waals surface area contributed by atoms with E-state index in [2.05, 4.69) is 5.32 Å². The molecule has 102 valence electrons. The van der Waals surface area contributed by atoms with Crippen LogP contribution >= 0.6 is 0 Å². The molecule has 6 nitrogen and oxygen atoms in total. The summed E-state index contributed by atoms with van der Waals surface area (Å²) in [4.78, 5) is 24.2. The average molecular weight is 264 g/mol. The van der Waals surface area contributed by atoms with Crippen molar-refractivity contribution in [3.05, 3.63) is 24.3 Å². The van der Waals surface area contributed by atoms with E-state index in [0.29, 0.717) is 18.5 Å². The molecule has 3 N–H and O–H groups in total. The van der Waals surface area contributed by atoms with Crippen LogP contribution in [0, 0.1) is 5.41 Å². The van der Waals surface area contributed by atoms with Crippen LogP contribution in [0.15, 0.2) is 24.3 Å². The van der Waals surface area contributed by atoms with Crippen molar-refractivity contribution in [2.24, 2.45) is 5.41 Å². The molecule has 1 aliphatic carbocycles. The van der Waals surface area contributed by atoms with Crippen molar-refractivity contribution in [3.8, 4) is 5.75 Å². The Morgan fingerprint density at radius 2 is 2.11 bits per heavy atom. The molecule has 1 aliphatic rings. The maximum atomic E-state index is 11.9. The van der Waals surface area contributed by atoms with E-state index in [1.807, 2.05) is 0 Å². The normalized spacial score (nSPS) is 15.6. The molecule has 0 atom stereocenters. The third-order valence-electron chi connectivity index (χ3n) is 3.41. The van der Waals surface area contributed by atoms with E-state index >= 15 is 0 Å². The Balaban J connectivity index is 1.95. The Hall–Kier alpha value is -2.24. The van der Waals surface area contributed by atoms with E-state index in [0.717, 1.165) is 0 Å². The maximum absolute atomic E-state index is 11.9. The molecule has 0 unspecified atom stereocenters. The molecule has 1 saturated carbocycles. The molecule has 0 bridgehead atoms. The number of aromatic hydroxyl groups is 1. The van der Waals surface area contributed by atoms with E-state index in [1.165, 1.54) is 17.0 Å². The number of rotatable bonds is 4. The van der Waals surface area contributed by atoms with Crippen LogP contribution in [-0.2, 0) is 4.79 Å². The first kappa shape index (κ1) is 13.2. The Morgan fingerprint density at radius 3 is 2.63 bits per heavy atom. The zero-order chi connectivity index (χ0) is 14.0. The van der Waals surface area contributed by atoms with Crippen molar-refractivity contribution in [2.75, 3.05) is 18.5 Å². The van der Waals surface area contributed by atoms with Gasteiger partial charge in [-0.25, -0.2) is 4.79 Å². The Kier molecular flexibility index (Phi) is 3.33. The van der Waals surface area contributed by atoms with Crippen molar-refractivity contribution >= 4 is 17.7 Å². The molecule has 0 aromatic heterocycles. The second-order valence-electron chi connectivity index (χ2n) is 4.82. The van der Waals surface area contributed by atoms with Crippen molar-refractivity contribution < 1.29 is 19.8 Å². The van der Waals surface area contributed by atoms with Crippen LogP contribution in [0.4, 0.5) is 10.5 Å². The summed E-state index contributed by atoms with van der Waals surface area (Å²) in [6.07, 6.45) is 1.19. The number of carboxylic acid groups (broad SMARTS) is 1. The van der Waals surface area contributed by atoms with Crippen LogP contribution in [0.3, 0.4) is 0 Å². The molecule has 1 aromatic carbocycles. The molecule has 1 fully saturated rings. The minimum atomic E-state index is -0.868. The number of anilines is 1. The molecule has 0 heterocycles.